The number of benzene rings is 2. The largest absolute Gasteiger partial charge is 0.423 e. The lowest BCUT2D eigenvalue weighted by molar-refractivity contribution is -0.114. The van der Waals surface area contributed by atoms with E-state index in [0.29, 0.717) is 23.5 Å². The van der Waals surface area contributed by atoms with Crippen LogP contribution in [-0.2, 0) is 11.3 Å². The molecule has 7 heteroatoms. The Labute approximate surface area is 144 Å². The molecule has 1 heterocycles. The van der Waals surface area contributed by atoms with E-state index in [1.807, 2.05) is 12.1 Å². The van der Waals surface area contributed by atoms with Crippen molar-refractivity contribution < 1.29 is 14.3 Å². The number of aromatic nitrogens is 3. The van der Waals surface area contributed by atoms with Crippen molar-refractivity contribution in [2.24, 2.45) is 0 Å². The quantitative estimate of drug-likeness (QED) is 0.571. The van der Waals surface area contributed by atoms with Crippen molar-refractivity contribution in [2.75, 3.05) is 5.32 Å². The lowest BCUT2D eigenvalue weighted by atomic mass is 10.1. The van der Waals surface area contributed by atoms with Crippen molar-refractivity contribution in [1.29, 1.82) is 0 Å². The van der Waals surface area contributed by atoms with Crippen LogP contribution in [-0.4, -0.2) is 26.6 Å². The Morgan fingerprint density at radius 2 is 1.80 bits per heavy atom. The molecule has 1 aromatic heterocycles. The number of rotatable bonds is 5. The standard InChI is InChI=1S/C18H16N4O3/c1-13(23)21-16-6-8-17(9-7-16)25-18(24)15-4-2-14(3-5-15)10-22-12-19-11-20-22/h2-9,11-12H,10H2,1H3,(H,21,23). The van der Waals surface area contributed by atoms with Crippen LogP contribution in [0.3, 0.4) is 0 Å². The van der Waals surface area contributed by atoms with Gasteiger partial charge in [-0.1, -0.05) is 12.1 Å². The summed E-state index contributed by atoms with van der Waals surface area (Å²) in [6.45, 7) is 2.01. The van der Waals surface area contributed by atoms with Gasteiger partial charge in [-0.2, -0.15) is 5.10 Å². The molecule has 0 aliphatic carbocycles. The van der Waals surface area contributed by atoms with Crippen molar-refractivity contribution in [1.82, 2.24) is 14.8 Å². The summed E-state index contributed by atoms with van der Waals surface area (Å²) in [5.74, 6) is -0.193. The zero-order valence-corrected chi connectivity index (χ0v) is 13.5. The van der Waals surface area contributed by atoms with Gasteiger partial charge in [-0.25, -0.2) is 14.5 Å². The molecule has 0 unspecified atom stereocenters. The average Bonchev–Trinajstić information content (AvgIpc) is 3.10. The summed E-state index contributed by atoms with van der Waals surface area (Å²) in [7, 11) is 0. The molecule has 7 nitrogen and oxygen atoms in total. The number of esters is 1. The average molecular weight is 336 g/mol. The third-order valence-corrected chi connectivity index (χ3v) is 3.39. The van der Waals surface area contributed by atoms with E-state index in [0.717, 1.165) is 5.56 Å². The predicted molar refractivity (Wildman–Crippen MR) is 91.3 cm³/mol. The summed E-state index contributed by atoms with van der Waals surface area (Å²) in [6, 6.07) is 13.7. The Hall–Kier alpha value is -3.48. The summed E-state index contributed by atoms with van der Waals surface area (Å²) in [5, 5.41) is 6.69. The van der Waals surface area contributed by atoms with Crippen LogP contribution in [0.25, 0.3) is 0 Å². The van der Waals surface area contributed by atoms with Crippen LogP contribution in [0.5, 0.6) is 5.75 Å². The molecule has 25 heavy (non-hydrogen) atoms. The second kappa shape index (κ2) is 7.39. The van der Waals surface area contributed by atoms with Gasteiger partial charge >= 0.3 is 5.97 Å². The SMILES string of the molecule is CC(=O)Nc1ccc(OC(=O)c2ccc(Cn3cncn3)cc2)cc1. The molecule has 3 aromatic rings. The molecule has 2 aromatic carbocycles. The van der Waals surface area contributed by atoms with E-state index >= 15 is 0 Å². The lowest BCUT2D eigenvalue weighted by Gasteiger charge is -2.07. The smallest absolute Gasteiger partial charge is 0.343 e. The van der Waals surface area contributed by atoms with Gasteiger partial charge in [-0.3, -0.25) is 4.79 Å². The van der Waals surface area contributed by atoms with E-state index in [1.165, 1.54) is 13.3 Å². The number of ether oxygens (including phenoxy) is 1. The molecule has 0 fully saturated rings. The molecule has 0 aliphatic heterocycles. The molecule has 0 bridgehead atoms. The number of hydrogen-bond acceptors (Lipinski definition) is 5. The summed E-state index contributed by atoms with van der Waals surface area (Å²) in [4.78, 5) is 27.1. The fourth-order valence-electron chi connectivity index (χ4n) is 2.22. The highest BCUT2D eigenvalue weighted by atomic mass is 16.5. The zero-order valence-electron chi connectivity index (χ0n) is 13.5. The van der Waals surface area contributed by atoms with Crippen molar-refractivity contribution in [3.63, 3.8) is 0 Å². The highest BCUT2D eigenvalue weighted by Gasteiger charge is 2.09. The van der Waals surface area contributed by atoms with Gasteiger partial charge in [0.05, 0.1) is 12.1 Å². The fourth-order valence-corrected chi connectivity index (χ4v) is 2.22. The fraction of sp³-hybridized carbons (Fsp3) is 0.111. The van der Waals surface area contributed by atoms with Gasteiger partial charge in [0.25, 0.3) is 0 Å². The van der Waals surface area contributed by atoms with E-state index in [1.54, 1.807) is 47.4 Å². The number of hydrogen-bond donors (Lipinski definition) is 1. The number of carbonyl (C=O) groups is 2. The molecule has 0 radical (unpaired) electrons. The van der Waals surface area contributed by atoms with Crippen molar-refractivity contribution in [3.8, 4) is 5.75 Å². The second-order valence-electron chi connectivity index (χ2n) is 5.39. The molecule has 0 spiro atoms. The van der Waals surface area contributed by atoms with Crippen molar-refractivity contribution in [3.05, 3.63) is 72.3 Å². The predicted octanol–water partition coefficient (Wildman–Crippen LogP) is 2.50. The van der Waals surface area contributed by atoms with Gasteiger partial charge in [-0.05, 0) is 42.0 Å². The van der Waals surface area contributed by atoms with Crippen LogP contribution in [0, 0.1) is 0 Å². The minimum absolute atomic E-state index is 0.157. The zero-order chi connectivity index (χ0) is 17.6. The third-order valence-electron chi connectivity index (χ3n) is 3.39. The maximum Gasteiger partial charge on any atom is 0.343 e. The van der Waals surface area contributed by atoms with Gasteiger partial charge in [0.1, 0.15) is 18.4 Å². The maximum absolute atomic E-state index is 12.2. The molecule has 126 valence electrons. The molecular weight excluding hydrogens is 320 g/mol. The first-order valence-corrected chi connectivity index (χ1v) is 7.61. The first-order chi connectivity index (χ1) is 12.1. The van der Waals surface area contributed by atoms with Crippen molar-refractivity contribution >= 4 is 17.6 Å². The van der Waals surface area contributed by atoms with E-state index in [9.17, 15) is 9.59 Å². The Morgan fingerprint density at radius 1 is 1.08 bits per heavy atom. The first-order valence-electron chi connectivity index (χ1n) is 7.61. The Bertz CT molecular complexity index is 856. The monoisotopic (exact) mass is 336 g/mol. The molecule has 0 atom stereocenters. The normalized spacial score (nSPS) is 10.3. The Kier molecular flexibility index (Phi) is 4.84. The molecule has 1 amide bonds. The molecule has 3 rings (SSSR count). The number of carbonyl (C=O) groups excluding carboxylic acids is 2. The summed E-state index contributed by atoms with van der Waals surface area (Å²) < 4.78 is 7.03. The maximum atomic E-state index is 12.2. The summed E-state index contributed by atoms with van der Waals surface area (Å²) >= 11 is 0. The Balaban J connectivity index is 1.61. The minimum atomic E-state index is -0.445. The molecule has 0 saturated carbocycles. The molecular formula is C18H16N4O3. The van der Waals surface area contributed by atoms with Crippen LogP contribution < -0.4 is 10.1 Å². The van der Waals surface area contributed by atoms with Crippen molar-refractivity contribution in [2.45, 2.75) is 13.5 Å². The van der Waals surface area contributed by atoms with E-state index in [4.69, 9.17) is 4.74 Å². The van der Waals surface area contributed by atoms with E-state index in [-0.39, 0.29) is 5.91 Å². The van der Waals surface area contributed by atoms with Crippen LogP contribution >= 0.6 is 0 Å². The molecule has 0 aliphatic rings. The first kappa shape index (κ1) is 16.4. The van der Waals surface area contributed by atoms with Gasteiger partial charge in [-0.15, -0.1) is 0 Å². The highest BCUT2D eigenvalue weighted by molar-refractivity contribution is 5.91. The number of amides is 1. The van der Waals surface area contributed by atoms with E-state index in [2.05, 4.69) is 15.4 Å². The molecule has 1 N–H and O–H groups in total. The topological polar surface area (TPSA) is 86.1 Å². The number of anilines is 1. The van der Waals surface area contributed by atoms with Crippen LogP contribution in [0.4, 0.5) is 5.69 Å². The minimum Gasteiger partial charge on any atom is -0.423 e. The lowest BCUT2D eigenvalue weighted by Crippen LogP contribution is -2.09. The van der Waals surface area contributed by atoms with Gasteiger partial charge in [0.15, 0.2) is 0 Å². The van der Waals surface area contributed by atoms with Crippen LogP contribution in [0.1, 0.15) is 22.8 Å². The highest BCUT2D eigenvalue weighted by Crippen LogP contribution is 2.17. The van der Waals surface area contributed by atoms with Gasteiger partial charge in [0.2, 0.25) is 5.91 Å². The number of nitrogens with one attached hydrogen (secondary N) is 1. The van der Waals surface area contributed by atoms with Crippen LogP contribution in [0.2, 0.25) is 0 Å². The van der Waals surface area contributed by atoms with Crippen LogP contribution in [0.15, 0.2) is 61.2 Å². The molecule has 0 saturated heterocycles. The summed E-state index contributed by atoms with van der Waals surface area (Å²) in [5.41, 5.74) is 2.10. The summed E-state index contributed by atoms with van der Waals surface area (Å²) in [6.07, 6.45) is 3.11. The third kappa shape index (κ3) is 4.51. The second-order valence-corrected chi connectivity index (χ2v) is 5.39. The van der Waals surface area contributed by atoms with E-state index < -0.39 is 5.97 Å². The Morgan fingerprint density at radius 3 is 2.40 bits per heavy atom. The number of nitrogens with zero attached hydrogens (tertiary/aromatic N) is 3. The van der Waals surface area contributed by atoms with Gasteiger partial charge in [0, 0.05) is 12.6 Å². The van der Waals surface area contributed by atoms with Gasteiger partial charge < -0.3 is 10.1 Å².